The highest BCUT2D eigenvalue weighted by atomic mass is 35.5. The van der Waals surface area contributed by atoms with Crippen molar-refractivity contribution >= 4 is 18.3 Å². The molecule has 21 heavy (non-hydrogen) atoms. The van der Waals surface area contributed by atoms with Crippen LogP contribution in [0, 0.1) is 0 Å². The summed E-state index contributed by atoms with van der Waals surface area (Å²) < 4.78 is 0. The molecule has 1 amide bonds. The molecule has 4 nitrogen and oxygen atoms in total. The van der Waals surface area contributed by atoms with Gasteiger partial charge in [0.1, 0.15) is 0 Å². The van der Waals surface area contributed by atoms with E-state index in [2.05, 4.69) is 5.32 Å². The molecule has 112 valence electrons. The first-order valence-corrected chi connectivity index (χ1v) is 6.58. The zero-order valence-electron chi connectivity index (χ0n) is 11.7. The largest absolute Gasteiger partial charge is 0.348 e. The van der Waals surface area contributed by atoms with E-state index < -0.39 is 0 Å². The summed E-state index contributed by atoms with van der Waals surface area (Å²) >= 11 is 0. The number of nitrogens with one attached hydrogen (secondary N) is 1. The molecule has 0 aliphatic rings. The molecule has 2 aromatic rings. The van der Waals surface area contributed by atoms with Crippen LogP contribution in [-0.4, -0.2) is 5.91 Å². The predicted molar refractivity (Wildman–Crippen MR) is 87.1 cm³/mol. The van der Waals surface area contributed by atoms with Crippen LogP contribution < -0.4 is 16.8 Å². The van der Waals surface area contributed by atoms with E-state index in [1.54, 1.807) is 12.1 Å². The highest BCUT2D eigenvalue weighted by molar-refractivity contribution is 5.94. The molecule has 0 heterocycles. The minimum atomic E-state index is -0.0910. The number of carbonyl (C=O) groups is 1. The van der Waals surface area contributed by atoms with E-state index in [0.717, 1.165) is 16.7 Å². The fourth-order valence-corrected chi connectivity index (χ4v) is 1.94. The second-order valence-corrected chi connectivity index (χ2v) is 4.61. The lowest BCUT2D eigenvalue weighted by atomic mass is 10.1. The fraction of sp³-hybridized carbons (Fsp3) is 0.188. The molecule has 0 aliphatic heterocycles. The molecule has 2 rings (SSSR count). The topological polar surface area (TPSA) is 81.1 Å². The Morgan fingerprint density at radius 2 is 1.52 bits per heavy atom. The maximum atomic E-state index is 12.0. The van der Waals surface area contributed by atoms with Crippen molar-refractivity contribution in [3.05, 3.63) is 70.8 Å². The Hall–Kier alpha value is -1.88. The molecule has 0 unspecified atom stereocenters. The first-order chi connectivity index (χ1) is 9.72. The Bertz CT molecular complexity index is 584. The summed E-state index contributed by atoms with van der Waals surface area (Å²) in [5.41, 5.74) is 14.9. The molecule has 5 heteroatoms. The molecule has 0 radical (unpaired) electrons. The van der Waals surface area contributed by atoms with Crippen LogP contribution >= 0.6 is 12.4 Å². The lowest BCUT2D eigenvalue weighted by molar-refractivity contribution is 0.0951. The number of nitrogens with two attached hydrogens (primary N) is 2. The molecular weight excluding hydrogens is 286 g/mol. The van der Waals surface area contributed by atoms with Crippen molar-refractivity contribution in [3.8, 4) is 0 Å². The van der Waals surface area contributed by atoms with E-state index in [1.807, 2.05) is 36.4 Å². The van der Waals surface area contributed by atoms with Crippen molar-refractivity contribution in [2.75, 3.05) is 0 Å². The standard InChI is InChI=1S/C16H19N3O.ClH/c17-9-12-4-6-15(7-5-12)16(20)19-11-14-3-1-2-13(8-14)10-18;/h1-8H,9-11,17-18H2,(H,19,20);1H. The van der Waals surface area contributed by atoms with Crippen LogP contribution in [0.1, 0.15) is 27.0 Å². The van der Waals surface area contributed by atoms with E-state index in [9.17, 15) is 4.79 Å². The van der Waals surface area contributed by atoms with Gasteiger partial charge in [0.25, 0.3) is 5.91 Å². The Morgan fingerprint density at radius 1 is 0.905 bits per heavy atom. The molecule has 0 saturated heterocycles. The minimum Gasteiger partial charge on any atom is -0.348 e. The van der Waals surface area contributed by atoms with Gasteiger partial charge < -0.3 is 16.8 Å². The normalized spacial score (nSPS) is 9.81. The van der Waals surface area contributed by atoms with Gasteiger partial charge in [-0.2, -0.15) is 0 Å². The first-order valence-electron chi connectivity index (χ1n) is 6.58. The van der Waals surface area contributed by atoms with E-state index in [4.69, 9.17) is 11.5 Å². The molecule has 0 spiro atoms. The number of halogens is 1. The molecule has 0 atom stereocenters. The molecule has 0 aliphatic carbocycles. The van der Waals surface area contributed by atoms with Crippen molar-refractivity contribution in [2.24, 2.45) is 11.5 Å². The van der Waals surface area contributed by atoms with E-state index in [0.29, 0.717) is 25.2 Å². The van der Waals surface area contributed by atoms with Gasteiger partial charge in [-0.15, -0.1) is 12.4 Å². The van der Waals surface area contributed by atoms with Gasteiger partial charge in [-0.3, -0.25) is 4.79 Å². The summed E-state index contributed by atoms with van der Waals surface area (Å²) in [6.45, 7) is 1.47. The van der Waals surface area contributed by atoms with E-state index in [1.165, 1.54) is 0 Å². The van der Waals surface area contributed by atoms with E-state index in [-0.39, 0.29) is 18.3 Å². The zero-order chi connectivity index (χ0) is 14.4. The Labute approximate surface area is 130 Å². The number of carbonyl (C=O) groups excluding carboxylic acids is 1. The van der Waals surface area contributed by atoms with Gasteiger partial charge >= 0.3 is 0 Å². The lowest BCUT2D eigenvalue weighted by Crippen LogP contribution is -2.22. The first kappa shape index (κ1) is 17.2. The molecule has 0 bridgehead atoms. The van der Waals surface area contributed by atoms with Crippen LogP contribution in [0.4, 0.5) is 0 Å². The summed E-state index contributed by atoms with van der Waals surface area (Å²) in [7, 11) is 0. The maximum Gasteiger partial charge on any atom is 0.251 e. The minimum absolute atomic E-state index is 0. The quantitative estimate of drug-likeness (QED) is 0.790. The van der Waals surface area contributed by atoms with Crippen molar-refractivity contribution in [2.45, 2.75) is 19.6 Å². The summed E-state index contributed by atoms with van der Waals surface area (Å²) in [5, 5.41) is 2.89. The van der Waals surface area contributed by atoms with Crippen LogP contribution in [0.25, 0.3) is 0 Å². The highest BCUT2D eigenvalue weighted by Gasteiger charge is 2.05. The summed E-state index contributed by atoms with van der Waals surface area (Å²) in [6.07, 6.45) is 0. The SMILES string of the molecule is Cl.NCc1ccc(C(=O)NCc2cccc(CN)c2)cc1. The molecular formula is C16H20ClN3O. The van der Waals surface area contributed by atoms with Crippen molar-refractivity contribution < 1.29 is 4.79 Å². The molecule has 5 N–H and O–H groups in total. The number of hydrogen-bond donors (Lipinski definition) is 3. The van der Waals surface area contributed by atoms with Gasteiger partial charge in [-0.05, 0) is 28.8 Å². The Kier molecular flexibility index (Phi) is 6.88. The number of amides is 1. The predicted octanol–water partition coefficient (Wildman–Crippen LogP) is 1.96. The average molecular weight is 306 g/mol. The highest BCUT2D eigenvalue weighted by Crippen LogP contribution is 2.06. The Balaban J connectivity index is 0.00000220. The van der Waals surface area contributed by atoms with Crippen molar-refractivity contribution in [3.63, 3.8) is 0 Å². The summed E-state index contributed by atoms with van der Waals surface area (Å²) in [6, 6.07) is 15.2. The van der Waals surface area contributed by atoms with Gasteiger partial charge in [-0.25, -0.2) is 0 Å². The molecule has 0 saturated carbocycles. The molecule has 0 fully saturated rings. The monoisotopic (exact) mass is 305 g/mol. The zero-order valence-corrected chi connectivity index (χ0v) is 12.5. The average Bonchev–Trinajstić information content (AvgIpc) is 2.53. The molecule has 2 aromatic carbocycles. The third-order valence-electron chi connectivity index (χ3n) is 3.13. The second kappa shape index (κ2) is 8.42. The summed E-state index contributed by atoms with van der Waals surface area (Å²) in [5.74, 6) is -0.0910. The van der Waals surface area contributed by atoms with Crippen LogP contribution in [0.5, 0.6) is 0 Å². The fourth-order valence-electron chi connectivity index (χ4n) is 1.94. The van der Waals surface area contributed by atoms with Crippen LogP contribution in [0.15, 0.2) is 48.5 Å². The van der Waals surface area contributed by atoms with E-state index >= 15 is 0 Å². The smallest absolute Gasteiger partial charge is 0.251 e. The second-order valence-electron chi connectivity index (χ2n) is 4.61. The summed E-state index contributed by atoms with van der Waals surface area (Å²) in [4.78, 5) is 12.0. The van der Waals surface area contributed by atoms with Crippen LogP contribution in [0.3, 0.4) is 0 Å². The van der Waals surface area contributed by atoms with Gasteiger partial charge in [0, 0.05) is 25.2 Å². The van der Waals surface area contributed by atoms with Crippen molar-refractivity contribution in [1.82, 2.24) is 5.32 Å². The third kappa shape index (κ3) is 4.86. The number of benzene rings is 2. The number of hydrogen-bond acceptors (Lipinski definition) is 3. The Morgan fingerprint density at radius 3 is 2.14 bits per heavy atom. The lowest BCUT2D eigenvalue weighted by Gasteiger charge is -2.07. The third-order valence-corrected chi connectivity index (χ3v) is 3.13. The van der Waals surface area contributed by atoms with Crippen LogP contribution in [-0.2, 0) is 19.6 Å². The van der Waals surface area contributed by atoms with Gasteiger partial charge in [0.05, 0.1) is 0 Å². The van der Waals surface area contributed by atoms with Crippen molar-refractivity contribution in [1.29, 1.82) is 0 Å². The van der Waals surface area contributed by atoms with Crippen LogP contribution in [0.2, 0.25) is 0 Å². The maximum absolute atomic E-state index is 12.0. The van der Waals surface area contributed by atoms with Gasteiger partial charge in [0.15, 0.2) is 0 Å². The molecule has 0 aromatic heterocycles. The number of rotatable bonds is 5. The van der Waals surface area contributed by atoms with Gasteiger partial charge in [0.2, 0.25) is 0 Å². The van der Waals surface area contributed by atoms with Gasteiger partial charge in [-0.1, -0.05) is 36.4 Å².